The summed E-state index contributed by atoms with van der Waals surface area (Å²) < 4.78 is 5.07. The molecular weight excluding hydrogens is 737 g/mol. The first-order chi connectivity index (χ1) is 29.3. The lowest BCUT2D eigenvalue weighted by atomic mass is 9.71. The fourth-order valence-electron chi connectivity index (χ4n) is 9.53. The van der Waals surface area contributed by atoms with Crippen molar-refractivity contribution in [3.8, 4) is 28.4 Å². The highest BCUT2D eigenvalue weighted by molar-refractivity contribution is 5.91. The minimum absolute atomic E-state index is 0.215. The van der Waals surface area contributed by atoms with Crippen LogP contribution in [0.5, 0.6) is 17.2 Å². The van der Waals surface area contributed by atoms with Crippen LogP contribution in [-0.4, -0.2) is 24.5 Å². The smallest absolute Gasteiger partial charge is 0.115 e. The highest BCUT2D eigenvalue weighted by Crippen LogP contribution is 2.57. The molecule has 0 radical (unpaired) electrons. The zero-order chi connectivity index (χ0) is 42.0. The van der Waals surface area contributed by atoms with Crippen LogP contribution in [0.1, 0.15) is 73.8 Å². The van der Waals surface area contributed by atoms with Gasteiger partial charge in [0.05, 0.1) is 0 Å². The zero-order valence-corrected chi connectivity index (χ0v) is 35.0. The molecule has 2 heterocycles. The number of fused-ring (bicyclic) bond motifs is 5. The molecule has 0 aliphatic heterocycles. The number of para-hydroxylation sites is 2. The Hall–Kier alpha value is -6.98. The van der Waals surface area contributed by atoms with E-state index >= 15 is 0 Å². The van der Waals surface area contributed by atoms with Gasteiger partial charge in [-0.05, 0) is 131 Å². The van der Waals surface area contributed by atoms with Crippen LogP contribution in [-0.2, 0) is 23.9 Å². The van der Waals surface area contributed by atoms with Gasteiger partial charge >= 0.3 is 0 Å². The summed E-state index contributed by atoms with van der Waals surface area (Å²) in [6, 6.07) is 61.9. The van der Waals surface area contributed by atoms with Gasteiger partial charge in [0.1, 0.15) is 22.7 Å². The zero-order valence-electron chi connectivity index (χ0n) is 35.0. The van der Waals surface area contributed by atoms with Crippen molar-refractivity contribution in [2.45, 2.75) is 58.5 Å². The third kappa shape index (κ3) is 6.42. The van der Waals surface area contributed by atoms with E-state index in [0.29, 0.717) is 0 Å². The van der Waals surface area contributed by atoms with Crippen LogP contribution in [0.2, 0.25) is 0 Å². The molecule has 5 heteroatoms. The van der Waals surface area contributed by atoms with Crippen LogP contribution < -0.4 is 0 Å². The molecule has 0 bridgehead atoms. The van der Waals surface area contributed by atoms with Crippen LogP contribution in [0.3, 0.4) is 0 Å². The molecule has 2 aromatic heterocycles. The Balaban J connectivity index is 0.000000174. The number of aromatic hydroxyl groups is 3. The van der Waals surface area contributed by atoms with Gasteiger partial charge in [-0.15, -0.1) is 0 Å². The predicted molar refractivity (Wildman–Crippen MR) is 247 cm³/mol. The lowest BCUT2D eigenvalue weighted by molar-refractivity contribution is 0.474. The standard InChI is InChI=1S/C33H28N2.C20H18O3.C2H6/c1-3-34-29-19-11-5-13-23(29)21-31(34)33(32-22-24-14-6-12-20-30(24)35(32)4-2)27-17-9-7-15-25(27)26-16-8-10-18-28(26)33;1-20(14-2-8-17(21)9-3-14,15-4-10-18(22)11-5-15)16-6-12-19(23)13-7-16;1-2/h5-22H,3-4H2,1-2H3;2-13,21-23H,1H3;1-2H3. The molecule has 1 aliphatic carbocycles. The summed E-state index contributed by atoms with van der Waals surface area (Å²) in [5.74, 6) is 0.646. The van der Waals surface area contributed by atoms with Crippen LogP contribution in [0, 0.1) is 0 Å². The first-order valence-electron chi connectivity index (χ1n) is 21.0. The Kier molecular flexibility index (Phi) is 10.8. The maximum absolute atomic E-state index is 9.57. The van der Waals surface area contributed by atoms with E-state index < -0.39 is 10.8 Å². The van der Waals surface area contributed by atoms with Crippen LogP contribution in [0.4, 0.5) is 0 Å². The van der Waals surface area contributed by atoms with Crippen molar-refractivity contribution < 1.29 is 15.3 Å². The fraction of sp³-hybridized carbons (Fsp3) is 0.164. The number of rotatable bonds is 7. The largest absolute Gasteiger partial charge is 0.508 e. The Bertz CT molecular complexity index is 2660. The number of benzene rings is 7. The molecule has 1 aliphatic rings. The number of hydrogen-bond acceptors (Lipinski definition) is 3. The van der Waals surface area contributed by atoms with E-state index in [1.807, 2.05) is 50.2 Å². The molecular formula is C55H52N2O3. The second-order valence-corrected chi connectivity index (χ2v) is 15.3. The molecule has 7 aromatic carbocycles. The monoisotopic (exact) mass is 788 g/mol. The summed E-state index contributed by atoms with van der Waals surface area (Å²) >= 11 is 0. The molecule has 3 N–H and O–H groups in total. The molecule has 60 heavy (non-hydrogen) atoms. The molecule has 0 spiro atoms. The number of hydrogen-bond donors (Lipinski definition) is 3. The molecule has 0 saturated carbocycles. The van der Waals surface area contributed by atoms with Crippen molar-refractivity contribution in [2.75, 3.05) is 0 Å². The second kappa shape index (κ2) is 16.3. The molecule has 300 valence electrons. The molecule has 0 saturated heterocycles. The van der Waals surface area contributed by atoms with Gasteiger partial charge in [-0.2, -0.15) is 0 Å². The highest BCUT2D eigenvalue weighted by atomic mass is 16.3. The normalized spacial score (nSPS) is 12.6. The van der Waals surface area contributed by atoms with E-state index in [1.165, 1.54) is 55.4 Å². The first-order valence-corrected chi connectivity index (χ1v) is 21.0. The first kappa shape index (κ1) is 39.8. The summed E-state index contributed by atoms with van der Waals surface area (Å²) in [6.45, 7) is 12.5. The molecule has 5 nitrogen and oxygen atoms in total. The van der Waals surface area contributed by atoms with Crippen molar-refractivity contribution in [2.24, 2.45) is 0 Å². The average molecular weight is 789 g/mol. The van der Waals surface area contributed by atoms with Crippen molar-refractivity contribution in [3.63, 3.8) is 0 Å². The molecule has 0 amide bonds. The quantitative estimate of drug-likeness (QED) is 0.141. The van der Waals surface area contributed by atoms with Crippen LogP contribution >= 0.6 is 0 Å². The SMILES string of the molecule is CC.CC(c1ccc(O)cc1)(c1ccc(O)cc1)c1ccc(O)cc1.CCn1c(C2(c3cc4ccccc4n3CC)c3ccccc3-c3ccccc32)cc2ccccc21. The Morgan fingerprint density at radius 3 is 1.10 bits per heavy atom. The summed E-state index contributed by atoms with van der Waals surface area (Å²) in [6.07, 6.45) is 0. The summed E-state index contributed by atoms with van der Waals surface area (Å²) in [5.41, 5.74) is 12.8. The van der Waals surface area contributed by atoms with Gasteiger partial charge in [-0.1, -0.05) is 135 Å². The number of phenolic OH excluding ortho intramolecular Hbond substituents is 3. The lowest BCUT2D eigenvalue weighted by Gasteiger charge is -2.35. The van der Waals surface area contributed by atoms with E-state index in [1.54, 1.807) is 36.4 Å². The molecule has 10 rings (SSSR count). The predicted octanol–water partition coefficient (Wildman–Crippen LogP) is 13.2. The number of aryl methyl sites for hydroxylation is 2. The van der Waals surface area contributed by atoms with Gasteiger partial charge in [-0.25, -0.2) is 0 Å². The Morgan fingerprint density at radius 1 is 0.433 bits per heavy atom. The third-order valence-electron chi connectivity index (χ3n) is 12.3. The maximum Gasteiger partial charge on any atom is 0.115 e. The van der Waals surface area contributed by atoms with Crippen LogP contribution in [0.15, 0.2) is 182 Å². The van der Waals surface area contributed by atoms with Gasteiger partial charge in [0, 0.05) is 40.9 Å². The number of phenols is 3. The minimum Gasteiger partial charge on any atom is -0.508 e. The van der Waals surface area contributed by atoms with E-state index in [0.717, 1.165) is 29.8 Å². The summed E-state index contributed by atoms with van der Waals surface area (Å²) in [5, 5.41) is 31.3. The van der Waals surface area contributed by atoms with E-state index in [-0.39, 0.29) is 17.2 Å². The van der Waals surface area contributed by atoms with Gasteiger partial charge in [-0.3, -0.25) is 0 Å². The fourth-order valence-corrected chi connectivity index (χ4v) is 9.53. The van der Waals surface area contributed by atoms with Gasteiger partial charge in [0.25, 0.3) is 0 Å². The van der Waals surface area contributed by atoms with Crippen molar-refractivity contribution >= 4 is 21.8 Å². The van der Waals surface area contributed by atoms with Crippen molar-refractivity contribution in [3.05, 3.63) is 221 Å². The topological polar surface area (TPSA) is 70.6 Å². The average Bonchev–Trinajstić information content (AvgIpc) is 3.96. The summed E-state index contributed by atoms with van der Waals surface area (Å²) in [7, 11) is 0. The molecule has 0 fully saturated rings. The van der Waals surface area contributed by atoms with Gasteiger partial charge < -0.3 is 24.5 Å². The van der Waals surface area contributed by atoms with Gasteiger partial charge in [0.2, 0.25) is 0 Å². The van der Waals surface area contributed by atoms with Crippen molar-refractivity contribution in [1.29, 1.82) is 0 Å². The van der Waals surface area contributed by atoms with E-state index in [2.05, 4.69) is 139 Å². The minimum atomic E-state index is -0.477. The second-order valence-electron chi connectivity index (χ2n) is 15.3. The van der Waals surface area contributed by atoms with Crippen molar-refractivity contribution in [1.82, 2.24) is 9.13 Å². The maximum atomic E-state index is 9.57. The third-order valence-corrected chi connectivity index (χ3v) is 12.3. The van der Waals surface area contributed by atoms with E-state index in [4.69, 9.17) is 0 Å². The lowest BCUT2D eigenvalue weighted by Crippen LogP contribution is -2.33. The summed E-state index contributed by atoms with van der Waals surface area (Å²) in [4.78, 5) is 0. The van der Waals surface area contributed by atoms with Crippen LogP contribution in [0.25, 0.3) is 32.9 Å². The highest BCUT2D eigenvalue weighted by Gasteiger charge is 2.50. The van der Waals surface area contributed by atoms with Gasteiger partial charge in [0.15, 0.2) is 0 Å². The molecule has 9 aromatic rings. The number of nitrogens with zero attached hydrogens (tertiary/aromatic N) is 2. The number of aromatic nitrogens is 2. The Morgan fingerprint density at radius 2 is 0.750 bits per heavy atom. The van der Waals surface area contributed by atoms with E-state index in [9.17, 15) is 15.3 Å². The molecule has 0 atom stereocenters. The Labute approximate surface area is 353 Å². The molecule has 0 unspecified atom stereocenters.